The number of hydrogen-bond donors (Lipinski definition) is 3. The number of nitrogens with one attached hydrogen (secondary N) is 1. The van der Waals surface area contributed by atoms with E-state index in [2.05, 4.69) is 5.32 Å². The molecule has 1 aromatic rings. The number of phenolic OH excluding ortho intramolecular Hbond substituents is 1. The molecule has 2 heterocycles. The zero-order valence-corrected chi connectivity index (χ0v) is 12.6. The predicted octanol–water partition coefficient (Wildman–Crippen LogP) is -0.181. The molecule has 3 rings (SSSR count). The van der Waals surface area contributed by atoms with Crippen LogP contribution in [0, 0.1) is 11.7 Å². The predicted molar refractivity (Wildman–Crippen MR) is 78.9 cm³/mol. The molecule has 0 aromatic heterocycles. The third-order valence-electron chi connectivity index (χ3n) is 3.72. The van der Waals surface area contributed by atoms with Gasteiger partial charge in [0.2, 0.25) is 5.91 Å². The fourth-order valence-corrected chi connectivity index (χ4v) is 2.62. The monoisotopic (exact) mass is 340 g/mol. The highest BCUT2D eigenvalue weighted by Gasteiger charge is 2.35. The van der Waals surface area contributed by atoms with E-state index in [9.17, 15) is 19.1 Å². The number of nitrogens with zero attached hydrogens (tertiary/aromatic N) is 1. The number of rotatable bonds is 1. The summed E-state index contributed by atoms with van der Waals surface area (Å²) in [6, 6.07) is 3.27. The maximum Gasteiger partial charge on any atom is 0.290 e. The minimum absolute atomic E-state index is 0.121. The van der Waals surface area contributed by atoms with Crippen molar-refractivity contribution in [2.75, 3.05) is 26.3 Å². The Kier molecular flexibility index (Phi) is 5.69. The van der Waals surface area contributed by atoms with Gasteiger partial charge < -0.3 is 25.2 Å². The van der Waals surface area contributed by atoms with Gasteiger partial charge in [-0.1, -0.05) is 0 Å². The Labute approximate surface area is 136 Å². The molecule has 2 aliphatic rings. The van der Waals surface area contributed by atoms with Gasteiger partial charge in [-0.05, 0) is 18.2 Å². The minimum Gasteiger partial charge on any atom is -0.505 e. The number of hydrogen-bond acceptors (Lipinski definition) is 5. The number of carbonyl (C=O) groups is 3. The molecule has 2 atom stereocenters. The van der Waals surface area contributed by atoms with E-state index in [1.165, 1.54) is 11.0 Å². The van der Waals surface area contributed by atoms with Gasteiger partial charge in [0.25, 0.3) is 12.4 Å². The van der Waals surface area contributed by atoms with Crippen LogP contribution in [0.2, 0.25) is 0 Å². The van der Waals surface area contributed by atoms with Crippen LogP contribution in [-0.2, 0) is 14.3 Å². The van der Waals surface area contributed by atoms with Crippen molar-refractivity contribution < 1.29 is 33.7 Å². The van der Waals surface area contributed by atoms with Crippen LogP contribution < -0.4 is 5.32 Å². The van der Waals surface area contributed by atoms with E-state index in [0.717, 1.165) is 12.1 Å². The number of fused-ring (bicyclic) bond motifs is 3. The topological polar surface area (TPSA) is 116 Å². The van der Waals surface area contributed by atoms with Gasteiger partial charge in [0.15, 0.2) is 11.6 Å². The number of amides is 2. The first kappa shape index (κ1) is 17.7. The normalized spacial score (nSPS) is 22.5. The summed E-state index contributed by atoms with van der Waals surface area (Å²) in [5, 5.41) is 18.9. The van der Waals surface area contributed by atoms with Crippen LogP contribution in [0.25, 0.3) is 0 Å². The van der Waals surface area contributed by atoms with Gasteiger partial charge in [-0.25, -0.2) is 4.39 Å². The van der Waals surface area contributed by atoms with Gasteiger partial charge >= 0.3 is 0 Å². The van der Waals surface area contributed by atoms with Gasteiger partial charge in [-0.3, -0.25) is 14.4 Å². The Balaban J connectivity index is 0.000000647. The first-order valence-corrected chi connectivity index (χ1v) is 7.20. The van der Waals surface area contributed by atoms with Crippen LogP contribution in [0.1, 0.15) is 10.4 Å². The van der Waals surface area contributed by atoms with E-state index in [1.807, 2.05) is 0 Å². The Bertz CT molecular complexity index is 638. The van der Waals surface area contributed by atoms with E-state index < -0.39 is 17.5 Å². The number of carbonyl (C=O) groups excluding carboxylic acids is 2. The molecule has 24 heavy (non-hydrogen) atoms. The largest absolute Gasteiger partial charge is 0.505 e. The van der Waals surface area contributed by atoms with Crippen LogP contribution in [0.5, 0.6) is 5.75 Å². The number of carboxylic acid groups (broad SMARTS) is 1. The molecule has 0 spiro atoms. The molecule has 1 aromatic carbocycles. The fourth-order valence-electron chi connectivity index (χ4n) is 2.62. The van der Waals surface area contributed by atoms with E-state index >= 15 is 0 Å². The second-order valence-corrected chi connectivity index (χ2v) is 5.42. The third kappa shape index (κ3) is 3.99. The van der Waals surface area contributed by atoms with Crippen molar-refractivity contribution in [3.05, 3.63) is 29.6 Å². The Hall–Kier alpha value is -2.68. The molecular formula is C15H17FN2O6. The number of ether oxygens (including phenoxy) is 1. The molecular weight excluding hydrogens is 323 g/mol. The molecule has 0 unspecified atom stereocenters. The molecule has 2 fully saturated rings. The molecule has 2 bridgehead atoms. The van der Waals surface area contributed by atoms with Crippen molar-refractivity contribution in [2.24, 2.45) is 5.92 Å². The van der Waals surface area contributed by atoms with Gasteiger partial charge in [-0.15, -0.1) is 0 Å². The fraction of sp³-hybridized carbons (Fsp3) is 0.400. The average Bonchev–Trinajstić information content (AvgIpc) is 2.78. The summed E-state index contributed by atoms with van der Waals surface area (Å²) in [5.41, 5.74) is 0.152. The van der Waals surface area contributed by atoms with Crippen LogP contribution >= 0.6 is 0 Å². The van der Waals surface area contributed by atoms with E-state index in [1.54, 1.807) is 0 Å². The molecule has 9 heteroatoms. The lowest BCUT2D eigenvalue weighted by molar-refractivity contribution is -0.125. The number of benzene rings is 1. The van der Waals surface area contributed by atoms with Gasteiger partial charge in [0.1, 0.15) is 0 Å². The Morgan fingerprint density at radius 1 is 1.38 bits per heavy atom. The molecule has 0 aliphatic carbocycles. The Morgan fingerprint density at radius 3 is 2.75 bits per heavy atom. The summed E-state index contributed by atoms with van der Waals surface area (Å²) < 4.78 is 18.8. The molecule has 3 N–H and O–H groups in total. The minimum atomic E-state index is -0.839. The van der Waals surface area contributed by atoms with Gasteiger partial charge in [0.05, 0.1) is 25.2 Å². The summed E-state index contributed by atoms with van der Waals surface area (Å²) in [6.07, 6.45) is 0. The molecule has 2 aliphatic heterocycles. The van der Waals surface area contributed by atoms with E-state index in [0.29, 0.717) is 13.2 Å². The van der Waals surface area contributed by atoms with E-state index in [4.69, 9.17) is 14.6 Å². The van der Waals surface area contributed by atoms with Crippen LogP contribution in [0.4, 0.5) is 4.39 Å². The van der Waals surface area contributed by atoms with Crippen LogP contribution in [0.3, 0.4) is 0 Å². The molecule has 2 amide bonds. The highest BCUT2D eigenvalue weighted by atomic mass is 19.1. The highest BCUT2D eigenvalue weighted by molar-refractivity contribution is 5.95. The first-order chi connectivity index (χ1) is 11.5. The van der Waals surface area contributed by atoms with Crippen molar-refractivity contribution in [3.63, 3.8) is 0 Å². The van der Waals surface area contributed by atoms with Crippen LogP contribution in [-0.4, -0.2) is 65.7 Å². The molecule has 130 valence electrons. The molecule has 2 saturated heterocycles. The maximum atomic E-state index is 13.4. The quantitative estimate of drug-likeness (QED) is 0.611. The van der Waals surface area contributed by atoms with E-state index in [-0.39, 0.29) is 43.0 Å². The van der Waals surface area contributed by atoms with Crippen molar-refractivity contribution >= 4 is 18.3 Å². The lowest BCUT2D eigenvalue weighted by atomic mass is 10.1. The lowest BCUT2D eigenvalue weighted by Gasteiger charge is -2.27. The third-order valence-corrected chi connectivity index (χ3v) is 3.72. The summed E-state index contributed by atoms with van der Waals surface area (Å²) in [6.45, 7) is 0.944. The smallest absolute Gasteiger partial charge is 0.290 e. The van der Waals surface area contributed by atoms with Crippen LogP contribution in [0.15, 0.2) is 18.2 Å². The standard InChI is InChI=1S/C14H15FN2O4.CH2O2/c15-11-3-8(1-2-12(11)18)14(20)17-4-9-6-21-7-10(5-17)16-13(9)19;2-1-3/h1-3,9-10,18H,4-7H2,(H,16,19);1H,(H,2,3)/t9-,10+;/m1./s1. The Morgan fingerprint density at radius 2 is 2.08 bits per heavy atom. The molecule has 8 nitrogen and oxygen atoms in total. The van der Waals surface area contributed by atoms with Gasteiger partial charge in [0, 0.05) is 18.7 Å². The van der Waals surface area contributed by atoms with Gasteiger partial charge in [-0.2, -0.15) is 0 Å². The summed E-state index contributed by atoms with van der Waals surface area (Å²) >= 11 is 0. The van der Waals surface area contributed by atoms with Crippen molar-refractivity contribution in [3.8, 4) is 5.75 Å². The second-order valence-electron chi connectivity index (χ2n) is 5.42. The lowest BCUT2D eigenvalue weighted by Crippen LogP contribution is -2.44. The maximum absolute atomic E-state index is 13.4. The van der Waals surface area contributed by atoms with Crippen molar-refractivity contribution in [2.45, 2.75) is 6.04 Å². The summed E-state index contributed by atoms with van der Waals surface area (Å²) in [7, 11) is 0. The summed E-state index contributed by atoms with van der Waals surface area (Å²) in [5.74, 6) is -2.23. The molecule has 0 radical (unpaired) electrons. The average molecular weight is 340 g/mol. The number of phenols is 1. The second kappa shape index (κ2) is 7.73. The zero-order chi connectivity index (χ0) is 17.7. The number of halogens is 1. The highest BCUT2D eigenvalue weighted by Crippen LogP contribution is 2.20. The summed E-state index contributed by atoms with van der Waals surface area (Å²) in [4.78, 5) is 34.2. The van der Waals surface area contributed by atoms with Crippen molar-refractivity contribution in [1.29, 1.82) is 0 Å². The molecule has 0 saturated carbocycles. The zero-order valence-electron chi connectivity index (χ0n) is 12.6. The first-order valence-electron chi connectivity index (χ1n) is 7.20. The van der Waals surface area contributed by atoms with Crippen molar-refractivity contribution in [1.82, 2.24) is 10.2 Å². The number of aromatic hydroxyl groups is 1. The SMILES string of the molecule is O=C1N[C@@H]2COC[C@H]1CN(C(=O)c1ccc(O)c(F)c1)C2.O=CO.